The van der Waals surface area contributed by atoms with E-state index in [1.807, 2.05) is 12.3 Å². The Kier molecular flexibility index (Phi) is 7.57. The van der Waals surface area contributed by atoms with Crippen molar-refractivity contribution in [3.63, 3.8) is 0 Å². The Balaban J connectivity index is 2.25. The van der Waals surface area contributed by atoms with Crippen molar-refractivity contribution in [2.75, 3.05) is 25.1 Å². The molecule has 0 aliphatic rings. The summed E-state index contributed by atoms with van der Waals surface area (Å²) in [5.41, 5.74) is 1.16. The zero-order chi connectivity index (χ0) is 14.8. The van der Waals surface area contributed by atoms with Gasteiger partial charge in [0.05, 0.1) is 5.56 Å². The van der Waals surface area contributed by atoms with Crippen LogP contribution in [0.15, 0.2) is 24.3 Å². The predicted octanol–water partition coefficient (Wildman–Crippen LogP) is 1.98. The molecule has 0 heterocycles. The van der Waals surface area contributed by atoms with Crippen LogP contribution in [0.1, 0.15) is 22.3 Å². The molecule has 5 nitrogen and oxygen atoms in total. The monoisotopic (exact) mass is 296 g/mol. The van der Waals surface area contributed by atoms with Crippen LogP contribution in [0.3, 0.4) is 0 Å². The van der Waals surface area contributed by atoms with Crippen LogP contribution in [0.4, 0.5) is 4.79 Å². The lowest BCUT2D eigenvalue weighted by atomic mass is 10.1. The molecule has 0 atom stereocenters. The van der Waals surface area contributed by atoms with Crippen molar-refractivity contribution >= 4 is 23.8 Å². The Labute approximate surface area is 123 Å². The van der Waals surface area contributed by atoms with Gasteiger partial charge in [-0.15, -0.1) is 0 Å². The summed E-state index contributed by atoms with van der Waals surface area (Å²) in [5.74, 6) is 0.0915. The summed E-state index contributed by atoms with van der Waals surface area (Å²) in [7, 11) is 0. The maximum Gasteiger partial charge on any atom is 0.335 e. The van der Waals surface area contributed by atoms with Crippen molar-refractivity contribution in [3.05, 3.63) is 35.4 Å². The van der Waals surface area contributed by atoms with Crippen molar-refractivity contribution in [3.8, 4) is 0 Å². The number of carboxylic acids is 1. The fraction of sp³-hybridized carbons (Fsp3) is 0.429. The molecule has 0 aliphatic carbocycles. The van der Waals surface area contributed by atoms with Crippen molar-refractivity contribution < 1.29 is 14.7 Å². The molecule has 1 aromatic rings. The number of thioether (sulfide) groups is 1. The number of hydrogen-bond donors (Lipinski definition) is 3. The summed E-state index contributed by atoms with van der Waals surface area (Å²) in [4.78, 5) is 22.3. The highest BCUT2D eigenvalue weighted by Gasteiger charge is 2.04. The van der Waals surface area contributed by atoms with Gasteiger partial charge in [0.15, 0.2) is 0 Å². The first-order valence-electron chi connectivity index (χ1n) is 6.46. The van der Waals surface area contributed by atoms with E-state index in [-0.39, 0.29) is 11.6 Å². The van der Waals surface area contributed by atoms with Gasteiger partial charge in [-0.2, -0.15) is 11.8 Å². The number of urea groups is 1. The molecule has 20 heavy (non-hydrogen) atoms. The van der Waals surface area contributed by atoms with Crippen molar-refractivity contribution in [2.45, 2.75) is 12.8 Å². The number of hydrogen-bond acceptors (Lipinski definition) is 3. The Bertz CT molecular complexity index is 452. The van der Waals surface area contributed by atoms with Gasteiger partial charge in [-0.05, 0) is 42.5 Å². The lowest BCUT2D eigenvalue weighted by Gasteiger charge is -2.07. The fourth-order valence-electron chi connectivity index (χ4n) is 1.66. The van der Waals surface area contributed by atoms with E-state index in [9.17, 15) is 9.59 Å². The largest absolute Gasteiger partial charge is 0.478 e. The Morgan fingerprint density at radius 1 is 1.25 bits per heavy atom. The SMILES string of the molecule is CSCCCNC(=O)NCCc1cccc(C(=O)O)c1. The molecular formula is C14H20N2O3S. The molecule has 0 radical (unpaired) electrons. The second kappa shape index (κ2) is 9.25. The zero-order valence-corrected chi connectivity index (χ0v) is 12.3. The van der Waals surface area contributed by atoms with Gasteiger partial charge in [-0.25, -0.2) is 9.59 Å². The van der Waals surface area contributed by atoms with Crippen LogP contribution in [0.25, 0.3) is 0 Å². The van der Waals surface area contributed by atoms with E-state index in [1.54, 1.807) is 30.0 Å². The lowest BCUT2D eigenvalue weighted by molar-refractivity contribution is 0.0696. The van der Waals surface area contributed by atoms with Crippen molar-refractivity contribution in [1.29, 1.82) is 0 Å². The third-order valence-corrected chi connectivity index (χ3v) is 3.38. The van der Waals surface area contributed by atoms with E-state index in [1.165, 1.54) is 0 Å². The topological polar surface area (TPSA) is 78.4 Å². The molecule has 1 rings (SSSR count). The summed E-state index contributed by atoms with van der Waals surface area (Å²) in [6.45, 7) is 1.15. The predicted molar refractivity (Wildman–Crippen MR) is 81.5 cm³/mol. The number of benzene rings is 1. The normalized spacial score (nSPS) is 10.1. The maximum absolute atomic E-state index is 11.4. The van der Waals surface area contributed by atoms with Gasteiger partial charge in [-0.1, -0.05) is 12.1 Å². The second-order valence-corrected chi connectivity index (χ2v) is 5.27. The quantitative estimate of drug-likeness (QED) is 0.641. The highest BCUT2D eigenvalue weighted by atomic mass is 32.2. The van der Waals surface area contributed by atoms with Gasteiger partial charge < -0.3 is 15.7 Å². The molecule has 0 saturated carbocycles. The third-order valence-electron chi connectivity index (χ3n) is 2.68. The Hall–Kier alpha value is -1.69. The van der Waals surface area contributed by atoms with Crippen LogP contribution >= 0.6 is 11.8 Å². The molecule has 0 aromatic heterocycles. The van der Waals surface area contributed by atoms with Gasteiger partial charge in [0.25, 0.3) is 0 Å². The highest BCUT2D eigenvalue weighted by molar-refractivity contribution is 7.98. The second-order valence-electron chi connectivity index (χ2n) is 4.28. The molecule has 0 unspecified atom stereocenters. The summed E-state index contributed by atoms with van der Waals surface area (Å²) >= 11 is 1.75. The number of nitrogens with one attached hydrogen (secondary N) is 2. The minimum atomic E-state index is -0.939. The van der Waals surface area contributed by atoms with E-state index in [0.717, 1.165) is 17.7 Å². The number of amides is 2. The van der Waals surface area contributed by atoms with Crippen LogP contribution in [0, 0.1) is 0 Å². The van der Waals surface area contributed by atoms with E-state index in [2.05, 4.69) is 10.6 Å². The Morgan fingerprint density at radius 3 is 2.70 bits per heavy atom. The third kappa shape index (κ3) is 6.47. The van der Waals surface area contributed by atoms with Crippen molar-refractivity contribution in [1.82, 2.24) is 10.6 Å². The first-order valence-corrected chi connectivity index (χ1v) is 7.85. The number of carboxylic acid groups (broad SMARTS) is 1. The smallest absolute Gasteiger partial charge is 0.335 e. The molecule has 1 aromatic carbocycles. The van der Waals surface area contributed by atoms with Gasteiger partial charge in [0.2, 0.25) is 0 Å². The molecule has 6 heteroatoms. The van der Waals surface area contributed by atoms with Crippen LogP contribution < -0.4 is 10.6 Å². The Morgan fingerprint density at radius 2 is 2.00 bits per heavy atom. The van der Waals surface area contributed by atoms with E-state index in [4.69, 9.17) is 5.11 Å². The molecule has 0 spiro atoms. The molecule has 3 N–H and O–H groups in total. The minimum Gasteiger partial charge on any atom is -0.478 e. The summed E-state index contributed by atoms with van der Waals surface area (Å²) in [6.07, 6.45) is 3.60. The first-order chi connectivity index (χ1) is 9.63. The minimum absolute atomic E-state index is 0.180. The number of carbonyl (C=O) groups is 2. The average molecular weight is 296 g/mol. The van der Waals surface area contributed by atoms with Crippen LogP contribution in [0.5, 0.6) is 0 Å². The molecule has 2 amide bonds. The van der Waals surface area contributed by atoms with Crippen LogP contribution in [0.2, 0.25) is 0 Å². The molecule has 0 aliphatic heterocycles. The van der Waals surface area contributed by atoms with E-state index in [0.29, 0.717) is 19.5 Å². The average Bonchev–Trinajstić information content (AvgIpc) is 2.44. The fourth-order valence-corrected chi connectivity index (χ4v) is 2.09. The van der Waals surface area contributed by atoms with E-state index >= 15 is 0 Å². The van der Waals surface area contributed by atoms with Crippen LogP contribution in [-0.4, -0.2) is 42.2 Å². The van der Waals surface area contributed by atoms with Gasteiger partial charge in [0, 0.05) is 13.1 Å². The number of rotatable bonds is 8. The molecule has 0 saturated heterocycles. The summed E-state index contributed by atoms with van der Waals surface area (Å²) in [5, 5.41) is 14.4. The highest BCUT2D eigenvalue weighted by Crippen LogP contribution is 2.05. The molecule has 0 fully saturated rings. The molecule has 0 bridgehead atoms. The standard InChI is InChI=1S/C14H20N2O3S/c1-20-9-3-7-15-14(19)16-8-6-11-4-2-5-12(10-11)13(17)18/h2,4-5,10H,3,6-9H2,1H3,(H,17,18)(H2,15,16,19). The zero-order valence-electron chi connectivity index (χ0n) is 11.5. The van der Waals surface area contributed by atoms with Crippen LogP contribution in [-0.2, 0) is 6.42 Å². The van der Waals surface area contributed by atoms with Crippen molar-refractivity contribution in [2.24, 2.45) is 0 Å². The first kappa shape index (κ1) is 16.4. The molecular weight excluding hydrogens is 276 g/mol. The number of carbonyl (C=O) groups excluding carboxylic acids is 1. The molecule has 110 valence electrons. The summed E-state index contributed by atoms with van der Waals surface area (Å²) in [6, 6.07) is 6.56. The number of aromatic carboxylic acids is 1. The van der Waals surface area contributed by atoms with Gasteiger partial charge in [0.1, 0.15) is 0 Å². The van der Waals surface area contributed by atoms with Gasteiger partial charge in [-0.3, -0.25) is 0 Å². The summed E-state index contributed by atoms with van der Waals surface area (Å²) < 4.78 is 0. The lowest BCUT2D eigenvalue weighted by Crippen LogP contribution is -2.37. The van der Waals surface area contributed by atoms with Gasteiger partial charge >= 0.3 is 12.0 Å². The maximum atomic E-state index is 11.4. The van der Waals surface area contributed by atoms with E-state index < -0.39 is 5.97 Å².